The molecule has 2 N–H and O–H groups in total. The van der Waals surface area contributed by atoms with Crippen molar-refractivity contribution in [3.05, 3.63) is 21.6 Å². The summed E-state index contributed by atoms with van der Waals surface area (Å²) >= 11 is 4.81. The Bertz CT molecular complexity index is 511. The first-order valence-corrected chi connectivity index (χ1v) is 5.29. The largest absolute Gasteiger partial charge is 0.419 e. The van der Waals surface area contributed by atoms with Crippen molar-refractivity contribution in [2.75, 3.05) is 5.73 Å². The number of nitrogens with two attached hydrogens (primary N) is 1. The summed E-state index contributed by atoms with van der Waals surface area (Å²) in [6.45, 7) is 0. The molecule has 2 aromatic rings. The molecular weight excluding hydrogens is 266 g/mol. The maximum atomic E-state index is 8.64. The Kier molecular flexibility index (Phi) is 2.27. The molecule has 0 unspecified atom stereocenters. The van der Waals surface area contributed by atoms with Crippen LogP contribution in [0.4, 0.5) is 5.88 Å². The van der Waals surface area contributed by atoms with Gasteiger partial charge < -0.3 is 10.2 Å². The van der Waals surface area contributed by atoms with E-state index in [0.29, 0.717) is 5.89 Å². The number of rotatable bonds is 1. The van der Waals surface area contributed by atoms with Gasteiger partial charge in [-0.3, -0.25) is 0 Å². The highest BCUT2D eigenvalue weighted by Crippen LogP contribution is 2.34. The van der Waals surface area contributed by atoms with Crippen molar-refractivity contribution < 1.29 is 4.42 Å². The summed E-state index contributed by atoms with van der Waals surface area (Å²) in [6.07, 6.45) is 0. The van der Waals surface area contributed by atoms with Crippen LogP contribution in [0.1, 0.15) is 5.69 Å². The monoisotopic (exact) mass is 269 g/mol. The summed E-state index contributed by atoms with van der Waals surface area (Å²) in [5.41, 5.74) is 5.57. The highest BCUT2D eigenvalue weighted by atomic mass is 79.9. The normalized spacial score (nSPS) is 10.0. The third-order valence-electron chi connectivity index (χ3n) is 1.57. The molecule has 0 fully saturated rings. The van der Waals surface area contributed by atoms with Crippen LogP contribution in [0.2, 0.25) is 0 Å². The molecule has 6 heteroatoms. The lowest BCUT2D eigenvalue weighted by Crippen LogP contribution is -1.83. The summed E-state index contributed by atoms with van der Waals surface area (Å²) < 4.78 is 6.04. The van der Waals surface area contributed by atoms with Gasteiger partial charge in [0.1, 0.15) is 10.9 Å². The first-order valence-electron chi connectivity index (χ1n) is 3.62. The Morgan fingerprint density at radius 1 is 1.64 bits per heavy atom. The molecule has 0 aliphatic rings. The quantitative estimate of drug-likeness (QED) is 0.864. The van der Waals surface area contributed by atoms with Crippen molar-refractivity contribution >= 4 is 33.2 Å². The standard InChI is InChI=1S/C8H4BrN3OS/c9-4-1-2-14-6(4)8-12-5(3-10)7(11)13-8/h1-2H,11H2. The van der Waals surface area contributed by atoms with E-state index in [2.05, 4.69) is 20.9 Å². The molecule has 0 spiro atoms. The zero-order valence-corrected chi connectivity index (χ0v) is 9.22. The molecule has 14 heavy (non-hydrogen) atoms. The number of hydrogen-bond acceptors (Lipinski definition) is 5. The number of thiophene rings is 1. The number of nitrogen functional groups attached to an aromatic ring is 1. The predicted molar refractivity (Wildman–Crippen MR) is 56.6 cm³/mol. The summed E-state index contributed by atoms with van der Waals surface area (Å²) in [5.74, 6) is 0.434. The minimum absolute atomic E-state index is 0.0581. The van der Waals surface area contributed by atoms with Gasteiger partial charge in [0.2, 0.25) is 17.5 Å². The van der Waals surface area contributed by atoms with Crippen molar-refractivity contribution in [2.24, 2.45) is 0 Å². The van der Waals surface area contributed by atoms with E-state index in [0.717, 1.165) is 9.35 Å². The lowest BCUT2D eigenvalue weighted by molar-refractivity contribution is 0.595. The predicted octanol–water partition coefficient (Wildman–Crippen LogP) is 2.62. The van der Waals surface area contributed by atoms with Gasteiger partial charge in [0.25, 0.3) is 0 Å². The second kappa shape index (κ2) is 3.44. The topological polar surface area (TPSA) is 75.8 Å². The fraction of sp³-hybridized carbons (Fsp3) is 0. The van der Waals surface area contributed by atoms with Gasteiger partial charge in [0.15, 0.2) is 0 Å². The molecule has 0 amide bonds. The van der Waals surface area contributed by atoms with Gasteiger partial charge in [-0.2, -0.15) is 10.2 Å². The van der Waals surface area contributed by atoms with E-state index >= 15 is 0 Å². The van der Waals surface area contributed by atoms with E-state index in [1.807, 2.05) is 17.5 Å². The van der Waals surface area contributed by atoms with E-state index < -0.39 is 0 Å². The van der Waals surface area contributed by atoms with Crippen LogP contribution in [0.25, 0.3) is 10.8 Å². The van der Waals surface area contributed by atoms with E-state index in [1.54, 1.807) is 0 Å². The highest BCUT2D eigenvalue weighted by Gasteiger charge is 2.14. The van der Waals surface area contributed by atoms with Crippen molar-refractivity contribution in [3.8, 4) is 16.8 Å². The Hall–Kier alpha value is -1.32. The molecule has 0 aliphatic carbocycles. The summed E-state index contributed by atoms with van der Waals surface area (Å²) in [7, 11) is 0. The van der Waals surface area contributed by atoms with E-state index in [-0.39, 0.29) is 11.6 Å². The van der Waals surface area contributed by atoms with Gasteiger partial charge >= 0.3 is 0 Å². The lowest BCUT2D eigenvalue weighted by Gasteiger charge is -1.88. The van der Waals surface area contributed by atoms with Crippen molar-refractivity contribution in [2.45, 2.75) is 0 Å². The molecule has 2 rings (SSSR count). The molecule has 0 saturated carbocycles. The summed E-state index contributed by atoms with van der Waals surface area (Å²) in [4.78, 5) is 4.79. The number of nitrogens with zero attached hydrogens (tertiary/aromatic N) is 2. The van der Waals surface area contributed by atoms with Gasteiger partial charge in [-0.15, -0.1) is 11.3 Å². The Morgan fingerprint density at radius 3 is 2.93 bits per heavy atom. The Morgan fingerprint density at radius 2 is 2.43 bits per heavy atom. The second-order valence-corrected chi connectivity index (χ2v) is 4.21. The highest BCUT2D eigenvalue weighted by molar-refractivity contribution is 9.10. The summed E-state index contributed by atoms with van der Waals surface area (Å²) in [6, 6.07) is 3.74. The maximum Gasteiger partial charge on any atom is 0.241 e. The molecule has 2 aromatic heterocycles. The van der Waals surface area contributed by atoms with Crippen LogP contribution in [0.5, 0.6) is 0 Å². The van der Waals surface area contributed by atoms with E-state index in [4.69, 9.17) is 15.4 Å². The van der Waals surface area contributed by atoms with Crippen LogP contribution in [0.3, 0.4) is 0 Å². The molecule has 0 aliphatic heterocycles. The minimum atomic E-state index is 0.0581. The molecule has 70 valence electrons. The zero-order valence-electron chi connectivity index (χ0n) is 6.82. The third kappa shape index (κ3) is 1.41. The average Bonchev–Trinajstić information content (AvgIpc) is 2.71. The number of hydrogen-bond donors (Lipinski definition) is 1. The number of nitriles is 1. The number of aromatic nitrogens is 1. The smallest absolute Gasteiger partial charge is 0.241 e. The molecule has 2 heterocycles. The molecule has 0 saturated heterocycles. The minimum Gasteiger partial charge on any atom is -0.419 e. The van der Waals surface area contributed by atoms with Crippen LogP contribution in [0, 0.1) is 11.3 Å². The Balaban J connectivity index is 2.54. The number of oxazole rings is 1. The molecule has 0 aromatic carbocycles. The van der Waals surface area contributed by atoms with Crippen LogP contribution < -0.4 is 5.73 Å². The molecule has 0 atom stereocenters. The van der Waals surface area contributed by atoms with Gasteiger partial charge in [-0.25, -0.2) is 0 Å². The third-order valence-corrected chi connectivity index (χ3v) is 3.40. The van der Waals surface area contributed by atoms with Crippen molar-refractivity contribution in [3.63, 3.8) is 0 Å². The second-order valence-electron chi connectivity index (χ2n) is 2.44. The first-order chi connectivity index (χ1) is 6.72. The van der Waals surface area contributed by atoms with Crippen LogP contribution in [-0.4, -0.2) is 4.98 Å². The Labute approximate surface area is 92.1 Å². The lowest BCUT2D eigenvalue weighted by atomic mass is 10.4. The fourth-order valence-corrected chi connectivity index (χ4v) is 2.42. The molecular formula is C8H4BrN3OS. The first kappa shape index (κ1) is 9.24. The zero-order chi connectivity index (χ0) is 10.1. The fourth-order valence-electron chi connectivity index (χ4n) is 0.956. The van der Waals surface area contributed by atoms with Crippen molar-refractivity contribution in [1.82, 2.24) is 4.98 Å². The maximum absolute atomic E-state index is 8.64. The van der Waals surface area contributed by atoms with Gasteiger partial charge in [0.05, 0.1) is 0 Å². The van der Waals surface area contributed by atoms with E-state index in [1.165, 1.54) is 11.3 Å². The molecule has 0 radical (unpaired) electrons. The SMILES string of the molecule is N#Cc1nc(-c2sccc2Br)oc1N. The van der Waals surface area contributed by atoms with Gasteiger partial charge in [-0.05, 0) is 27.4 Å². The van der Waals surface area contributed by atoms with Gasteiger partial charge in [0, 0.05) is 4.47 Å². The summed E-state index contributed by atoms with van der Waals surface area (Å²) in [5, 5.41) is 10.5. The van der Waals surface area contributed by atoms with Crippen molar-refractivity contribution in [1.29, 1.82) is 5.26 Å². The molecule has 0 bridgehead atoms. The van der Waals surface area contributed by atoms with Crippen LogP contribution >= 0.6 is 27.3 Å². The molecule has 4 nitrogen and oxygen atoms in total. The van der Waals surface area contributed by atoms with Crippen LogP contribution in [0.15, 0.2) is 20.3 Å². The van der Waals surface area contributed by atoms with E-state index in [9.17, 15) is 0 Å². The van der Waals surface area contributed by atoms with Crippen LogP contribution in [-0.2, 0) is 0 Å². The average molecular weight is 270 g/mol. The number of anilines is 1. The number of halogens is 1. The van der Waals surface area contributed by atoms with Gasteiger partial charge in [-0.1, -0.05) is 0 Å².